The number of carbonyl (C=O) groups is 2. The van der Waals surface area contributed by atoms with E-state index in [-0.39, 0.29) is 29.2 Å². The van der Waals surface area contributed by atoms with Gasteiger partial charge in [-0.3, -0.25) is 9.59 Å². The number of carbonyl (C=O) groups excluding carboxylic acids is 2. The zero-order chi connectivity index (χ0) is 31.3. The van der Waals surface area contributed by atoms with Crippen LogP contribution in [0.25, 0.3) is 22.3 Å². The Morgan fingerprint density at radius 1 is 1.00 bits per heavy atom. The maximum absolute atomic E-state index is 13.4. The van der Waals surface area contributed by atoms with Crippen LogP contribution in [0.1, 0.15) is 40.0 Å². The first-order valence-corrected chi connectivity index (χ1v) is 15.6. The summed E-state index contributed by atoms with van der Waals surface area (Å²) >= 11 is 6.20. The fourth-order valence-electron chi connectivity index (χ4n) is 5.92. The highest BCUT2D eigenvalue weighted by atomic mass is 35.5. The van der Waals surface area contributed by atoms with E-state index in [0.717, 1.165) is 48.4 Å². The number of amides is 2. The van der Waals surface area contributed by atoms with Crippen LogP contribution >= 0.6 is 11.6 Å². The summed E-state index contributed by atoms with van der Waals surface area (Å²) in [6.07, 6.45) is 4.43. The average Bonchev–Trinajstić information content (AvgIpc) is 3.53. The Labute approximate surface area is 266 Å². The van der Waals surface area contributed by atoms with Crippen molar-refractivity contribution in [3.8, 4) is 28.0 Å². The lowest BCUT2D eigenvalue weighted by Crippen LogP contribution is -2.38. The fourth-order valence-corrected chi connectivity index (χ4v) is 6.19. The minimum absolute atomic E-state index is 0.132. The van der Waals surface area contributed by atoms with Crippen molar-refractivity contribution >= 4 is 29.2 Å². The largest absolute Gasteiger partial charge is 0.493 e. The second-order valence-corrected chi connectivity index (χ2v) is 12.0. The number of rotatable bonds is 8. The predicted octanol–water partition coefficient (Wildman–Crippen LogP) is 5.81. The number of piperidine rings is 1. The van der Waals surface area contributed by atoms with E-state index < -0.39 is 5.82 Å². The van der Waals surface area contributed by atoms with E-state index in [1.165, 1.54) is 12.1 Å². The van der Waals surface area contributed by atoms with E-state index >= 15 is 0 Å². The number of halogens is 2. The highest BCUT2D eigenvalue weighted by Gasteiger charge is 2.29. The standard InChI is InChI=1S/C35H35ClFN5O3/c36-31-18-26(37)9-10-28(31)23-5-7-24(8-6-23)35(44)42-16-13-27(20-42)41-34(43)30-17-25(19-40-33(30)38)29-3-1-2-4-32(29)45-21-22-11-14-39-15-12-22/h1-10,17-19,22,27,39H,11-16,20-21H2,(H2,38,40)(H,41,43)/t27-/m1/s1. The molecule has 0 unspecified atom stereocenters. The SMILES string of the molecule is Nc1ncc(-c2ccccc2OCC2CCNCC2)cc1C(=O)N[C@@H]1CCN(C(=O)c2ccc(-c3ccc(F)cc3Cl)cc2)C1. The van der Waals surface area contributed by atoms with Gasteiger partial charge in [0.2, 0.25) is 0 Å². The molecule has 0 bridgehead atoms. The third-order valence-electron chi connectivity index (χ3n) is 8.48. The molecular formula is C35H35ClFN5O3. The molecule has 2 aliphatic heterocycles. The number of para-hydroxylation sites is 1. The highest BCUT2D eigenvalue weighted by Crippen LogP contribution is 2.32. The van der Waals surface area contributed by atoms with Gasteiger partial charge in [-0.25, -0.2) is 9.37 Å². The molecule has 2 saturated heterocycles. The molecule has 1 atom stereocenters. The van der Waals surface area contributed by atoms with Crippen molar-refractivity contribution in [2.24, 2.45) is 5.92 Å². The van der Waals surface area contributed by atoms with E-state index in [0.29, 0.717) is 48.2 Å². The number of nitrogen functional groups attached to an aromatic ring is 1. The molecule has 0 saturated carbocycles. The summed E-state index contributed by atoms with van der Waals surface area (Å²) in [4.78, 5) is 32.7. The van der Waals surface area contributed by atoms with E-state index in [2.05, 4.69) is 15.6 Å². The van der Waals surface area contributed by atoms with Crippen LogP contribution in [-0.4, -0.2) is 60.5 Å². The quantitative estimate of drug-likeness (QED) is 0.227. The molecule has 0 aliphatic carbocycles. The van der Waals surface area contributed by atoms with Crippen LogP contribution in [0.2, 0.25) is 5.02 Å². The minimum Gasteiger partial charge on any atom is -0.493 e. The van der Waals surface area contributed by atoms with Gasteiger partial charge in [0.25, 0.3) is 11.8 Å². The van der Waals surface area contributed by atoms with Crippen LogP contribution in [0.4, 0.5) is 10.2 Å². The van der Waals surface area contributed by atoms with Gasteiger partial charge in [-0.1, -0.05) is 41.9 Å². The summed E-state index contributed by atoms with van der Waals surface area (Å²) in [6.45, 7) is 3.52. The topological polar surface area (TPSA) is 110 Å². The molecule has 4 aromatic rings. The molecule has 2 amide bonds. The van der Waals surface area contributed by atoms with Crippen LogP contribution in [-0.2, 0) is 0 Å². The van der Waals surface area contributed by atoms with Gasteiger partial charge in [-0.2, -0.15) is 0 Å². The van der Waals surface area contributed by atoms with Crippen LogP contribution < -0.4 is 21.1 Å². The molecule has 0 spiro atoms. The summed E-state index contributed by atoms with van der Waals surface area (Å²) in [5.41, 5.74) is 10.0. The number of pyridine rings is 1. The van der Waals surface area contributed by atoms with Crippen LogP contribution in [0.5, 0.6) is 5.75 Å². The number of hydrogen-bond donors (Lipinski definition) is 3. The van der Waals surface area contributed by atoms with E-state index in [1.54, 1.807) is 47.5 Å². The lowest BCUT2D eigenvalue weighted by molar-refractivity contribution is 0.0783. The number of nitrogens with zero attached hydrogens (tertiary/aromatic N) is 2. The van der Waals surface area contributed by atoms with Crippen LogP contribution in [0.15, 0.2) is 79.0 Å². The van der Waals surface area contributed by atoms with Gasteiger partial charge in [-0.15, -0.1) is 0 Å². The first kappa shape index (κ1) is 30.6. The average molecular weight is 628 g/mol. The normalized spacial score (nSPS) is 16.8. The number of hydrogen-bond acceptors (Lipinski definition) is 6. The fraction of sp³-hybridized carbons (Fsp3) is 0.286. The van der Waals surface area contributed by atoms with Gasteiger partial charge in [0.15, 0.2) is 0 Å². The molecule has 3 heterocycles. The molecule has 0 radical (unpaired) electrons. The lowest BCUT2D eigenvalue weighted by atomic mass is 9.99. The third kappa shape index (κ3) is 7.10. The van der Waals surface area contributed by atoms with Gasteiger partial charge in [0.05, 0.1) is 17.2 Å². The van der Waals surface area contributed by atoms with Crippen molar-refractivity contribution in [3.63, 3.8) is 0 Å². The van der Waals surface area contributed by atoms with Crippen molar-refractivity contribution < 1.29 is 18.7 Å². The van der Waals surface area contributed by atoms with Crippen molar-refractivity contribution in [1.29, 1.82) is 0 Å². The lowest BCUT2D eigenvalue weighted by Gasteiger charge is -2.23. The van der Waals surface area contributed by atoms with Gasteiger partial charge < -0.3 is 26.0 Å². The number of nitrogens with two attached hydrogens (primary N) is 1. The monoisotopic (exact) mass is 627 g/mol. The summed E-state index contributed by atoms with van der Waals surface area (Å²) < 4.78 is 19.7. The van der Waals surface area contributed by atoms with Gasteiger partial charge in [-0.05, 0) is 86.3 Å². The maximum Gasteiger partial charge on any atom is 0.255 e. The Morgan fingerprint density at radius 3 is 2.56 bits per heavy atom. The molecule has 232 valence electrons. The van der Waals surface area contributed by atoms with Crippen LogP contribution in [0.3, 0.4) is 0 Å². The summed E-state index contributed by atoms with van der Waals surface area (Å²) in [5, 5.41) is 6.72. The molecule has 10 heteroatoms. The molecule has 6 rings (SSSR count). The second kappa shape index (κ2) is 13.7. The zero-order valence-electron chi connectivity index (χ0n) is 24.8. The predicted molar refractivity (Wildman–Crippen MR) is 174 cm³/mol. The zero-order valence-corrected chi connectivity index (χ0v) is 25.5. The van der Waals surface area contributed by atoms with Crippen molar-refractivity contribution in [2.75, 3.05) is 38.5 Å². The molecule has 2 aliphatic rings. The Morgan fingerprint density at radius 2 is 1.78 bits per heavy atom. The second-order valence-electron chi connectivity index (χ2n) is 11.6. The Balaban J connectivity index is 1.09. The van der Waals surface area contributed by atoms with Crippen molar-refractivity contribution in [3.05, 3.63) is 101 Å². The van der Waals surface area contributed by atoms with E-state index in [9.17, 15) is 14.0 Å². The van der Waals surface area contributed by atoms with Crippen molar-refractivity contribution in [2.45, 2.75) is 25.3 Å². The number of benzene rings is 3. The molecule has 4 N–H and O–H groups in total. The Kier molecular flexibility index (Phi) is 9.28. The van der Waals surface area contributed by atoms with Crippen molar-refractivity contribution in [1.82, 2.24) is 20.5 Å². The molecule has 45 heavy (non-hydrogen) atoms. The first-order valence-electron chi connectivity index (χ1n) is 15.2. The molecule has 2 fully saturated rings. The Bertz CT molecular complexity index is 1690. The third-order valence-corrected chi connectivity index (χ3v) is 8.79. The maximum atomic E-state index is 13.4. The van der Waals surface area contributed by atoms with E-state index in [4.69, 9.17) is 22.1 Å². The summed E-state index contributed by atoms with van der Waals surface area (Å²) in [6, 6.07) is 20.5. The molecule has 3 aromatic carbocycles. The number of likely N-dealkylation sites (tertiary alicyclic amines) is 1. The van der Waals surface area contributed by atoms with E-state index in [1.807, 2.05) is 24.3 Å². The summed E-state index contributed by atoms with van der Waals surface area (Å²) in [5.74, 6) is 0.506. The Hall–Kier alpha value is -4.47. The summed E-state index contributed by atoms with van der Waals surface area (Å²) in [7, 11) is 0. The smallest absolute Gasteiger partial charge is 0.255 e. The molecular weight excluding hydrogens is 593 g/mol. The van der Waals surface area contributed by atoms with Gasteiger partial charge >= 0.3 is 0 Å². The van der Waals surface area contributed by atoms with Crippen LogP contribution in [0, 0.1) is 11.7 Å². The number of ether oxygens (including phenoxy) is 1. The highest BCUT2D eigenvalue weighted by molar-refractivity contribution is 6.33. The minimum atomic E-state index is -0.406. The molecule has 1 aromatic heterocycles. The van der Waals surface area contributed by atoms with Gasteiger partial charge in [0.1, 0.15) is 17.4 Å². The number of anilines is 1. The number of nitrogens with one attached hydrogen (secondary N) is 2. The van der Waals surface area contributed by atoms with Gasteiger partial charge in [0, 0.05) is 47.6 Å². The first-order chi connectivity index (χ1) is 21.9. The molecule has 8 nitrogen and oxygen atoms in total. The number of aromatic nitrogens is 1.